The van der Waals surface area contributed by atoms with Gasteiger partial charge in [0.25, 0.3) is 5.89 Å². The van der Waals surface area contributed by atoms with E-state index in [1.165, 1.54) is 19.5 Å². The van der Waals surface area contributed by atoms with Gasteiger partial charge in [-0.25, -0.2) is 9.97 Å². The van der Waals surface area contributed by atoms with Crippen LogP contribution in [0.15, 0.2) is 71.6 Å². The summed E-state index contributed by atoms with van der Waals surface area (Å²) in [7, 11) is 1.48. The summed E-state index contributed by atoms with van der Waals surface area (Å²) in [5.74, 6) is 1.47. The molecule has 0 spiro atoms. The van der Waals surface area contributed by atoms with Gasteiger partial charge in [0.2, 0.25) is 5.82 Å². The Morgan fingerprint density at radius 1 is 1.10 bits per heavy atom. The Hall–Kier alpha value is -4.09. The zero-order valence-corrected chi connectivity index (χ0v) is 22.0. The molecule has 1 N–H and O–H groups in total. The first-order valence-electron chi connectivity index (χ1n) is 11.2. The fourth-order valence-corrected chi connectivity index (χ4v) is 3.62. The van der Waals surface area contributed by atoms with Gasteiger partial charge < -0.3 is 19.3 Å². The van der Waals surface area contributed by atoms with Gasteiger partial charge in [-0.2, -0.15) is 18.2 Å². The van der Waals surface area contributed by atoms with Gasteiger partial charge in [0.05, 0.1) is 28.2 Å². The maximum atomic E-state index is 12.9. The predicted octanol–water partition coefficient (Wildman–Crippen LogP) is 7.73. The van der Waals surface area contributed by atoms with Gasteiger partial charge >= 0.3 is 6.18 Å². The highest BCUT2D eigenvalue weighted by atomic mass is 35.5. The molecule has 0 unspecified atom stereocenters. The summed E-state index contributed by atoms with van der Waals surface area (Å²) in [5.41, 5.74) is 0.674. The first-order valence-corrected chi connectivity index (χ1v) is 11.9. The van der Waals surface area contributed by atoms with Gasteiger partial charge in [-0.1, -0.05) is 47.1 Å². The lowest BCUT2D eigenvalue weighted by atomic mass is 10.2. The van der Waals surface area contributed by atoms with Crippen molar-refractivity contribution in [3.63, 3.8) is 0 Å². The van der Waals surface area contributed by atoms with Crippen molar-refractivity contribution in [2.45, 2.75) is 19.7 Å². The molecule has 0 atom stereocenters. The van der Waals surface area contributed by atoms with E-state index < -0.39 is 11.7 Å². The van der Waals surface area contributed by atoms with Gasteiger partial charge in [0.1, 0.15) is 12.1 Å². The quantitative estimate of drug-likeness (QED) is 0.202. The van der Waals surface area contributed by atoms with Crippen molar-refractivity contribution >= 4 is 51.2 Å². The third-order valence-corrected chi connectivity index (χ3v) is 6.06. The van der Waals surface area contributed by atoms with Crippen LogP contribution in [0.3, 0.4) is 0 Å². The molecule has 0 aliphatic rings. The minimum atomic E-state index is -4.52. The van der Waals surface area contributed by atoms with Gasteiger partial charge in [0, 0.05) is 22.7 Å². The Labute approximate surface area is 230 Å². The monoisotopic (exact) mass is 577 g/mol. The second-order valence-electron chi connectivity index (χ2n) is 7.97. The predicted molar refractivity (Wildman–Crippen MR) is 142 cm³/mol. The molecule has 4 rings (SSSR count). The maximum Gasteiger partial charge on any atom is 0.416 e. The number of rotatable bonds is 9. The average Bonchev–Trinajstić information content (AvgIpc) is 3.38. The number of hydrogen-bond donors (Lipinski definition) is 1. The number of halogens is 5. The molecule has 4 aromatic rings. The fourth-order valence-electron chi connectivity index (χ4n) is 3.33. The summed E-state index contributed by atoms with van der Waals surface area (Å²) < 4.78 is 55.1. The lowest BCUT2D eigenvalue weighted by Gasteiger charge is -2.13. The van der Waals surface area contributed by atoms with Crippen molar-refractivity contribution in [1.82, 2.24) is 20.1 Å². The zero-order chi connectivity index (χ0) is 28.2. The number of alkyl halides is 3. The SMILES string of the molecule is C=C/C(=C\C=C(/C)c1nc(COc2cc3ncnc(Nc4ccc(Cl)c(Cl)c4)c3cc2OC)no1)C(F)(F)F. The van der Waals surface area contributed by atoms with E-state index in [4.69, 9.17) is 37.2 Å². The van der Waals surface area contributed by atoms with Crippen molar-refractivity contribution < 1.29 is 27.2 Å². The molecule has 0 amide bonds. The van der Waals surface area contributed by atoms with E-state index in [0.29, 0.717) is 49.5 Å². The average molecular weight is 578 g/mol. The standard InChI is InChI=1S/C26H20Cl2F3N5O3/c1-4-15(26(29,30)31)6-5-14(2)25-35-23(36-39-25)12-38-22-11-20-17(10-21(22)37-3)24(33-13-32-20)34-16-7-8-18(27)19(28)9-16/h4-11,13H,1,12H2,2-3H3,(H,32,33,34)/b14-5+,15-6+. The number of ether oxygens (including phenoxy) is 2. The van der Waals surface area contributed by atoms with Crippen LogP contribution in [0.1, 0.15) is 18.6 Å². The number of anilines is 2. The van der Waals surface area contributed by atoms with E-state index in [2.05, 4.69) is 32.0 Å². The molecule has 202 valence electrons. The normalized spacial score (nSPS) is 12.5. The summed E-state index contributed by atoms with van der Waals surface area (Å²) in [6, 6.07) is 8.48. The van der Waals surface area contributed by atoms with Crippen LogP contribution >= 0.6 is 23.2 Å². The number of nitrogens with one attached hydrogen (secondary N) is 1. The summed E-state index contributed by atoms with van der Waals surface area (Å²) >= 11 is 12.1. The van der Waals surface area contributed by atoms with Crippen molar-refractivity contribution in [1.29, 1.82) is 0 Å². The zero-order valence-electron chi connectivity index (χ0n) is 20.5. The minimum Gasteiger partial charge on any atom is -0.493 e. The molecule has 2 heterocycles. The summed E-state index contributed by atoms with van der Waals surface area (Å²) in [6.45, 7) is 4.62. The lowest BCUT2D eigenvalue weighted by molar-refractivity contribution is -0.0881. The largest absolute Gasteiger partial charge is 0.493 e. The molecule has 13 heteroatoms. The molecule has 0 fully saturated rings. The van der Waals surface area contributed by atoms with Gasteiger partial charge in [-0.15, -0.1) is 0 Å². The van der Waals surface area contributed by atoms with E-state index in [-0.39, 0.29) is 18.3 Å². The molecule has 0 bridgehead atoms. The van der Waals surface area contributed by atoms with E-state index in [1.54, 1.807) is 37.3 Å². The third kappa shape index (κ3) is 6.68. The molecule has 39 heavy (non-hydrogen) atoms. The molecule has 0 radical (unpaired) electrons. The van der Waals surface area contributed by atoms with Gasteiger partial charge in [0.15, 0.2) is 18.1 Å². The second kappa shape index (κ2) is 11.7. The number of allylic oxidation sites excluding steroid dienone is 5. The first kappa shape index (κ1) is 27.9. The number of fused-ring (bicyclic) bond motifs is 1. The Morgan fingerprint density at radius 3 is 2.59 bits per heavy atom. The van der Waals surface area contributed by atoms with Crippen LogP contribution in [-0.2, 0) is 6.61 Å². The highest BCUT2D eigenvalue weighted by Crippen LogP contribution is 2.36. The van der Waals surface area contributed by atoms with Crippen LogP contribution in [-0.4, -0.2) is 33.4 Å². The van der Waals surface area contributed by atoms with E-state index >= 15 is 0 Å². The number of aromatic nitrogens is 4. The Balaban J connectivity index is 1.53. The minimum absolute atomic E-state index is 0.0478. The van der Waals surface area contributed by atoms with Crippen molar-refractivity contribution in [3.05, 3.63) is 88.8 Å². The van der Waals surface area contributed by atoms with Crippen LogP contribution in [0.2, 0.25) is 10.0 Å². The van der Waals surface area contributed by atoms with Crippen LogP contribution in [0, 0.1) is 0 Å². The first-order chi connectivity index (χ1) is 18.6. The summed E-state index contributed by atoms with van der Waals surface area (Å²) in [5, 5.41) is 8.49. The highest BCUT2D eigenvalue weighted by Gasteiger charge is 2.30. The van der Waals surface area contributed by atoms with Crippen LogP contribution in [0.5, 0.6) is 11.5 Å². The molecular formula is C26H20Cl2F3N5O3. The highest BCUT2D eigenvalue weighted by molar-refractivity contribution is 6.42. The van der Waals surface area contributed by atoms with Gasteiger partial charge in [-0.3, -0.25) is 0 Å². The molecular weight excluding hydrogens is 558 g/mol. The van der Waals surface area contributed by atoms with Crippen LogP contribution < -0.4 is 14.8 Å². The van der Waals surface area contributed by atoms with Crippen LogP contribution in [0.4, 0.5) is 24.7 Å². The number of methoxy groups -OCH3 is 1. The third-order valence-electron chi connectivity index (χ3n) is 5.33. The number of hydrogen-bond acceptors (Lipinski definition) is 8. The Kier molecular flexibility index (Phi) is 8.41. The van der Waals surface area contributed by atoms with Crippen molar-refractivity contribution in [2.24, 2.45) is 0 Å². The molecule has 2 aromatic heterocycles. The number of nitrogens with zero attached hydrogens (tertiary/aromatic N) is 4. The Morgan fingerprint density at radius 2 is 1.90 bits per heavy atom. The number of benzene rings is 2. The summed E-state index contributed by atoms with van der Waals surface area (Å²) in [4.78, 5) is 12.8. The Bertz CT molecular complexity index is 1590. The van der Waals surface area contributed by atoms with Gasteiger partial charge in [-0.05, 0) is 37.3 Å². The van der Waals surface area contributed by atoms with E-state index in [1.807, 2.05) is 0 Å². The maximum absolute atomic E-state index is 12.9. The molecule has 0 aliphatic heterocycles. The molecule has 2 aromatic carbocycles. The fraction of sp³-hybridized carbons (Fsp3) is 0.154. The van der Waals surface area contributed by atoms with Crippen molar-refractivity contribution in [3.8, 4) is 11.5 Å². The molecule has 0 aliphatic carbocycles. The molecule has 0 saturated heterocycles. The summed E-state index contributed by atoms with van der Waals surface area (Å²) in [6.07, 6.45) is -0.292. The molecule has 0 saturated carbocycles. The molecule has 8 nitrogen and oxygen atoms in total. The van der Waals surface area contributed by atoms with E-state index in [9.17, 15) is 13.2 Å². The lowest BCUT2D eigenvalue weighted by Crippen LogP contribution is -2.09. The van der Waals surface area contributed by atoms with Crippen LogP contribution in [0.25, 0.3) is 16.5 Å². The van der Waals surface area contributed by atoms with Crippen molar-refractivity contribution in [2.75, 3.05) is 12.4 Å². The van der Waals surface area contributed by atoms with E-state index in [0.717, 1.165) is 12.2 Å². The topological polar surface area (TPSA) is 95.2 Å². The smallest absolute Gasteiger partial charge is 0.416 e. The second-order valence-corrected chi connectivity index (χ2v) is 8.79.